The molecule has 0 saturated carbocycles. The quantitative estimate of drug-likeness (QED) is 0.782. The highest BCUT2D eigenvalue weighted by Crippen LogP contribution is 2.26. The van der Waals surface area contributed by atoms with Gasteiger partial charge in [-0.2, -0.15) is 0 Å². The van der Waals surface area contributed by atoms with Gasteiger partial charge >= 0.3 is 5.97 Å². The van der Waals surface area contributed by atoms with Gasteiger partial charge in [-0.1, -0.05) is 37.3 Å². The second kappa shape index (κ2) is 6.02. The Kier molecular flexibility index (Phi) is 3.92. The second-order valence-corrected chi connectivity index (χ2v) is 5.28. The molecule has 4 nitrogen and oxygen atoms in total. The average Bonchev–Trinajstić information content (AvgIpc) is 2.91. The fourth-order valence-electron chi connectivity index (χ4n) is 2.64. The molecule has 3 aromatic rings. The van der Waals surface area contributed by atoms with E-state index in [2.05, 4.69) is 36.2 Å². The van der Waals surface area contributed by atoms with Crippen molar-refractivity contribution in [3.05, 3.63) is 59.9 Å². The summed E-state index contributed by atoms with van der Waals surface area (Å²) in [4.78, 5) is 15.6. The molecule has 1 N–H and O–H groups in total. The molecule has 0 aliphatic rings. The van der Waals surface area contributed by atoms with Gasteiger partial charge in [-0.15, -0.1) is 0 Å². The maximum Gasteiger partial charge on any atom is 0.303 e. The summed E-state index contributed by atoms with van der Waals surface area (Å²) >= 11 is 0. The van der Waals surface area contributed by atoms with Crippen molar-refractivity contribution in [3.63, 3.8) is 0 Å². The summed E-state index contributed by atoms with van der Waals surface area (Å²) in [5.74, 6) is -0.793. The summed E-state index contributed by atoms with van der Waals surface area (Å²) in [6.45, 7) is 2.12. The number of hydrogen-bond acceptors (Lipinski definition) is 2. The van der Waals surface area contributed by atoms with E-state index in [1.165, 1.54) is 5.56 Å². The predicted octanol–water partition coefficient (Wildman–Crippen LogP) is 3.58. The van der Waals surface area contributed by atoms with Crippen molar-refractivity contribution in [2.75, 3.05) is 0 Å². The molecule has 0 saturated heterocycles. The number of nitrogens with zero attached hydrogens (tertiary/aromatic N) is 2. The molecule has 0 aliphatic carbocycles. The van der Waals surface area contributed by atoms with E-state index >= 15 is 0 Å². The molecule has 2 aromatic heterocycles. The zero-order chi connectivity index (χ0) is 15.5. The maximum atomic E-state index is 10.9. The first-order valence-corrected chi connectivity index (χ1v) is 7.46. The van der Waals surface area contributed by atoms with Gasteiger partial charge in [0.15, 0.2) is 0 Å². The fraction of sp³-hybridized carbons (Fsp3) is 0.222. The third-order valence-corrected chi connectivity index (χ3v) is 3.84. The van der Waals surface area contributed by atoms with E-state index in [1.54, 1.807) is 0 Å². The Hall–Kier alpha value is -2.62. The van der Waals surface area contributed by atoms with Crippen molar-refractivity contribution in [2.45, 2.75) is 26.2 Å². The Morgan fingerprint density at radius 1 is 1.18 bits per heavy atom. The van der Waals surface area contributed by atoms with Gasteiger partial charge in [0.1, 0.15) is 5.65 Å². The third kappa shape index (κ3) is 2.72. The zero-order valence-electron chi connectivity index (χ0n) is 12.5. The van der Waals surface area contributed by atoms with Crippen LogP contribution >= 0.6 is 0 Å². The summed E-state index contributed by atoms with van der Waals surface area (Å²) in [6.07, 6.45) is 3.49. The Morgan fingerprint density at radius 3 is 2.64 bits per heavy atom. The molecular formula is C18H18N2O2. The number of rotatable bonds is 5. The number of benzene rings is 1. The van der Waals surface area contributed by atoms with Crippen molar-refractivity contribution < 1.29 is 9.90 Å². The van der Waals surface area contributed by atoms with E-state index < -0.39 is 5.97 Å². The number of carboxylic acids is 1. The molecule has 0 aliphatic heterocycles. The molecule has 22 heavy (non-hydrogen) atoms. The topological polar surface area (TPSA) is 54.6 Å². The van der Waals surface area contributed by atoms with Crippen LogP contribution in [0.1, 0.15) is 24.6 Å². The van der Waals surface area contributed by atoms with Crippen LogP contribution in [-0.2, 0) is 17.6 Å². The summed E-state index contributed by atoms with van der Waals surface area (Å²) in [5, 5.41) is 8.98. The second-order valence-electron chi connectivity index (χ2n) is 5.28. The number of aryl methyl sites for hydroxylation is 2. The molecule has 112 valence electrons. The van der Waals surface area contributed by atoms with Crippen LogP contribution in [0.3, 0.4) is 0 Å². The lowest BCUT2D eigenvalue weighted by atomic mass is 10.0. The molecule has 0 unspecified atom stereocenters. The Labute approximate surface area is 129 Å². The molecule has 0 amide bonds. The smallest absolute Gasteiger partial charge is 0.303 e. The minimum atomic E-state index is -0.793. The molecule has 2 heterocycles. The first-order chi connectivity index (χ1) is 10.7. The first kappa shape index (κ1) is 14.3. The fourth-order valence-corrected chi connectivity index (χ4v) is 2.64. The number of carboxylic acid groups (broad SMARTS) is 1. The van der Waals surface area contributed by atoms with Crippen LogP contribution in [0.15, 0.2) is 48.7 Å². The van der Waals surface area contributed by atoms with Gasteiger partial charge in [-0.05, 0) is 24.1 Å². The van der Waals surface area contributed by atoms with Gasteiger partial charge in [0.05, 0.1) is 17.8 Å². The van der Waals surface area contributed by atoms with Crippen LogP contribution in [0.2, 0.25) is 0 Å². The lowest BCUT2D eigenvalue weighted by Crippen LogP contribution is -2.01. The van der Waals surface area contributed by atoms with Crippen LogP contribution < -0.4 is 0 Å². The van der Waals surface area contributed by atoms with Crippen LogP contribution in [0, 0.1) is 0 Å². The van der Waals surface area contributed by atoms with Gasteiger partial charge in [-0.25, -0.2) is 4.98 Å². The number of pyridine rings is 1. The minimum Gasteiger partial charge on any atom is -0.481 e. The summed E-state index contributed by atoms with van der Waals surface area (Å²) in [5.41, 5.74) is 4.97. The largest absolute Gasteiger partial charge is 0.481 e. The van der Waals surface area contributed by atoms with Gasteiger partial charge in [0, 0.05) is 18.2 Å². The molecule has 0 atom stereocenters. The van der Waals surface area contributed by atoms with E-state index in [0.29, 0.717) is 6.42 Å². The number of carbonyl (C=O) groups is 1. The third-order valence-electron chi connectivity index (χ3n) is 3.84. The number of fused-ring (bicyclic) bond motifs is 1. The minimum absolute atomic E-state index is 0.0999. The van der Waals surface area contributed by atoms with Crippen molar-refractivity contribution in [2.24, 2.45) is 0 Å². The molecule has 3 rings (SSSR count). The maximum absolute atomic E-state index is 10.9. The monoisotopic (exact) mass is 294 g/mol. The zero-order valence-corrected chi connectivity index (χ0v) is 12.5. The SMILES string of the molecule is CCc1ccc(-c2nc3ccccn3c2CCC(=O)O)cc1. The molecule has 0 spiro atoms. The highest BCUT2D eigenvalue weighted by atomic mass is 16.4. The molecule has 0 bridgehead atoms. The van der Waals surface area contributed by atoms with Crippen molar-refractivity contribution in [1.29, 1.82) is 0 Å². The van der Waals surface area contributed by atoms with Gasteiger partial charge < -0.3 is 9.51 Å². The molecule has 1 aromatic carbocycles. The normalized spacial score (nSPS) is 11.0. The van der Waals surface area contributed by atoms with Crippen molar-refractivity contribution in [3.8, 4) is 11.3 Å². The summed E-state index contributed by atoms with van der Waals surface area (Å²) in [6, 6.07) is 14.1. The lowest BCUT2D eigenvalue weighted by Gasteiger charge is -2.05. The van der Waals surface area contributed by atoms with E-state index in [1.807, 2.05) is 28.8 Å². The van der Waals surface area contributed by atoms with Gasteiger partial charge in [0.2, 0.25) is 0 Å². The Bertz CT molecular complexity index is 804. The van der Waals surface area contributed by atoms with E-state index in [4.69, 9.17) is 5.11 Å². The Balaban J connectivity index is 2.09. The van der Waals surface area contributed by atoms with E-state index in [9.17, 15) is 4.79 Å². The van der Waals surface area contributed by atoms with Crippen LogP contribution in [0.4, 0.5) is 0 Å². The van der Waals surface area contributed by atoms with Gasteiger partial charge in [-0.3, -0.25) is 4.79 Å². The molecular weight excluding hydrogens is 276 g/mol. The standard InChI is InChI=1S/C18H18N2O2/c1-2-13-6-8-14(9-7-13)18-15(10-11-17(21)22)20-12-4-3-5-16(20)19-18/h3-9,12H,2,10-11H2,1H3,(H,21,22). The van der Waals surface area contributed by atoms with E-state index in [-0.39, 0.29) is 6.42 Å². The first-order valence-electron chi connectivity index (χ1n) is 7.46. The number of hydrogen-bond donors (Lipinski definition) is 1. The number of aliphatic carboxylic acids is 1. The van der Waals surface area contributed by atoms with Gasteiger partial charge in [0.25, 0.3) is 0 Å². The van der Waals surface area contributed by atoms with Crippen LogP contribution in [0.25, 0.3) is 16.9 Å². The number of aromatic nitrogens is 2. The van der Waals surface area contributed by atoms with E-state index in [0.717, 1.165) is 29.0 Å². The van der Waals surface area contributed by atoms with Crippen molar-refractivity contribution >= 4 is 11.6 Å². The van der Waals surface area contributed by atoms with Crippen LogP contribution in [-0.4, -0.2) is 20.5 Å². The van der Waals surface area contributed by atoms with Crippen LogP contribution in [0.5, 0.6) is 0 Å². The molecule has 0 radical (unpaired) electrons. The highest BCUT2D eigenvalue weighted by molar-refractivity contribution is 5.70. The summed E-state index contributed by atoms with van der Waals surface area (Å²) < 4.78 is 1.98. The summed E-state index contributed by atoms with van der Waals surface area (Å²) in [7, 11) is 0. The number of imidazole rings is 1. The van der Waals surface area contributed by atoms with Crippen molar-refractivity contribution in [1.82, 2.24) is 9.38 Å². The molecule has 4 heteroatoms. The lowest BCUT2D eigenvalue weighted by molar-refractivity contribution is -0.136. The average molecular weight is 294 g/mol. The predicted molar refractivity (Wildman–Crippen MR) is 86.0 cm³/mol. The Morgan fingerprint density at radius 2 is 1.95 bits per heavy atom. The molecule has 0 fully saturated rings. The highest BCUT2D eigenvalue weighted by Gasteiger charge is 2.14.